The largest absolute Gasteiger partial charge is 0.387 e. The molecule has 0 spiro atoms. The molecule has 0 saturated heterocycles. The summed E-state index contributed by atoms with van der Waals surface area (Å²) in [7, 11) is 1.72. The molecule has 36 heavy (non-hydrogen) atoms. The molecule has 1 fully saturated rings. The van der Waals surface area contributed by atoms with E-state index < -0.39 is 12.4 Å². The van der Waals surface area contributed by atoms with Crippen molar-refractivity contribution in [2.75, 3.05) is 19.4 Å². The molecule has 1 aliphatic carbocycles. The van der Waals surface area contributed by atoms with Crippen LogP contribution in [0.3, 0.4) is 0 Å². The number of halogens is 1. The van der Waals surface area contributed by atoms with Crippen LogP contribution in [-0.4, -0.2) is 60.2 Å². The molecule has 0 unspecified atom stereocenters. The Balaban J connectivity index is 1.52. The van der Waals surface area contributed by atoms with Gasteiger partial charge in [0.05, 0.1) is 17.5 Å². The van der Waals surface area contributed by atoms with Gasteiger partial charge in [-0.2, -0.15) is 9.61 Å². The Bertz CT molecular complexity index is 1400. The highest BCUT2D eigenvalue weighted by Crippen LogP contribution is 2.45. The fourth-order valence-electron chi connectivity index (χ4n) is 4.86. The second-order valence-corrected chi connectivity index (χ2v) is 9.32. The Morgan fingerprint density at radius 1 is 1.36 bits per heavy atom. The molecule has 1 aromatic carbocycles. The fraction of sp³-hybridized carbons (Fsp3) is 0.385. The number of anilines is 1. The smallest absolute Gasteiger partial charge is 0.248 e. The number of aromatic amines is 1. The first-order chi connectivity index (χ1) is 17.4. The van der Waals surface area contributed by atoms with Gasteiger partial charge in [0.1, 0.15) is 24.1 Å². The Kier molecular flexibility index (Phi) is 6.44. The lowest BCUT2D eigenvalue weighted by Crippen LogP contribution is -2.38. The monoisotopic (exact) mass is 491 g/mol. The number of fused-ring (bicyclic) bond motifs is 1. The number of aliphatic hydroxyl groups is 1. The molecule has 188 valence electrons. The predicted molar refractivity (Wildman–Crippen MR) is 135 cm³/mol. The summed E-state index contributed by atoms with van der Waals surface area (Å²) in [5.74, 6) is 0.681. The zero-order valence-electron chi connectivity index (χ0n) is 20.4. The molecular weight excluding hydrogens is 461 g/mol. The number of imidazole rings is 1. The van der Waals surface area contributed by atoms with Crippen molar-refractivity contribution in [1.29, 1.82) is 0 Å². The van der Waals surface area contributed by atoms with E-state index in [1.54, 1.807) is 41.1 Å². The number of benzene rings is 1. The number of carbonyl (C=O) groups is 1. The van der Waals surface area contributed by atoms with Gasteiger partial charge in [-0.05, 0) is 55.7 Å². The van der Waals surface area contributed by atoms with Crippen LogP contribution in [0.25, 0.3) is 28.2 Å². The van der Waals surface area contributed by atoms with Crippen LogP contribution < -0.4 is 5.73 Å². The number of hydrogen-bond acceptors (Lipinski definition) is 6. The van der Waals surface area contributed by atoms with E-state index in [0.29, 0.717) is 52.7 Å². The van der Waals surface area contributed by atoms with Crippen molar-refractivity contribution < 1.29 is 14.3 Å². The number of rotatable bonds is 9. The van der Waals surface area contributed by atoms with E-state index in [-0.39, 0.29) is 11.9 Å². The van der Waals surface area contributed by atoms with Crippen molar-refractivity contribution in [1.82, 2.24) is 29.5 Å². The van der Waals surface area contributed by atoms with Gasteiger partial charge in [0.15, 0.2) is 5.65 Å². The van der Waals surface area contributed by atoms with Gasteiger partial charge in [-0.3, -0.25) is 4.79 Å². The minimum Gasteiger partial charge on any atom is -0.387 e. The fourth-order valence-corrected chi connectivity index (χ4v) is 4.86. The van der Waals surface area contributed by atoms with Crippen LogP contribution in [0, 0.1) is 5.82 Å². The molecule has 4 N–H and O–H groups in total. The molecule has 1 saturated carbocycles. The van der Waals surface area contributed by atoms with E-state index in [4.69, 9.17) is 10.7 Å². The zero-order valence-corrected chi connectivity index (χ0v) is 20.4. The minimum absolute atomic E-state index is 0.0245. The topological polar surface area (TPSA) is 125 Å². The van der Waals surface area contributed by atoms with E-state index in [1.807, 2.05) is 13.0 Å². The normalized spacial score (nSPS) is 14.3. The van der Waals surface area contributed by atoms with E-state index >= 15 is 0 Å². The SMILES string of the molecule is CC[C@H](CCc1nc2c(-c3ccc(-c4ncc[nH]4)c(F)c3)cnn2c(N)c1C1CC1)N(C)C(=O)CO. The van der Waals surface area contributed by atoms with Crippen molar-refractivity contribution in [2.45, 2.75) is 51.0 Å². The number of aromatic nitrogens is 5. The van der Waals surface area contributed by atoms with Crippen LogP contribution in [-0.2, 0) is 11.2 Å². The highest BCUT2D eigenvalue weighted by Gasteiger charge is 2.31. The summed E-state index contributed by atoms with van der Waals surface area (Å²) in [6.45, 7) is 1.51. The van der Waals surface area contributed by atoms with Crippen molar-refractivity contribution >= 4 is 17.4 Å². The highest BCUT2D eigenvalue weighted by molar-refractivity contribution is 5.80. The van der Waals surface area contributed by atoms with Gasteiger partial charge in [-0.25, -0.2) is 14.4 Å². The number of H-pyrrole nitrogens is 1. The van der Waals surface area contributed by atoms with Crippen LogP contribution in [0.2, 0.25) is 0 Å². The van der Waals surface area contributed by atoms with Gasteiger partial charge in [-0.15, -0.1) is 0 Å². The summed E-state index contributed by atoms with van der Waals surface area (Å²) < 4.78 is 16.6. The number of amides is 1. The van der Waals surface area contributed by atoms with Crippen molar-refractivity contribution in [3.8, 4) is 22.5 Å². The highest BCUT2D eigenvalue weighted by atomic mass is 19.1. The second-order valence-electron chi connectivity index (χ2n) is 9.32. The molecule has 1 aliphatic rings. The van der Waals surface area contributed by atoms with E-state index in [9.17, 15) is 14.3 Å². The molecule has 5 rings (SSSR count). The lowest BCUT2D eigenvalue weighted by atomic mass is 10.00. The second kappa shape index (κ2) is 9.69. The predicted octanol–water partition coefficient (Wildman–Crippen LogP) is 3.55. The standard InChI is InChI=1S/C26H30FN7O2/c1-3-17(33(2)22(36)14-35)7-9-21-23(15-4-5-15)24(28)34-26(32-21)19(13-31-34)16-6-8-18(20(27)12-16)25-29-10-11-30-25/h6,8,10-13,15,17,35H,3-5,7,9,14,28H2,1-2H3,(H,29,30)/t17-/m1/s1. The van der Waals surface area contributed by atoms with E-state index in [2.05, 4.69) is 15.1 Å². The van der Waals surface area contributed by atoms with E-state index in [0.717, 1.165) is 30.5 Å². The first-order valence-corrected chi connectivity index (χ1v) is 12.2. The number of likely N-dealkylation sites (N-methyl/N-ethyl adjacent to an activating group) is 1. The Hall–Kier alpha value is -3.79. The summed E-state index contributed by atoms with van der Waals surface area (Å²) in [4.78, 5) is 25.7. The molecular formula is C26H30FN7O2. The summed E-state index contributed by atoms with van der Waals surface area (Å²) in [5.41, 5.74) is 10.8. The molecule has 9 nitrogen and oxygen atoms in total. The summed E-state index contributed by atoms with van der Waals surface area (Å²) >= 11 is 0. The third kappa shape index (κ3) is 4.32. The Morgan fingerprint density at radius 2 is 2.17 bits per heavy atom. The number of aliphatic hydroxyl groups excluding tert-OH is 1. The van der Waals surface area contributed by atoms with Gasteiger partial charge < -0.3 is 20.7 Å². The van der Waals surface area contributed by atoms with Crippen molar-refractivity contribution in [2.24, 2.45) is 0 Å². The summed E-state index contributed by atoms with van der Waals surface area (Å²) in [5, 5.41) is 13.7. The number of hydrogen-bond donors (Lipinski definition) is 3. The van der Waals surface area contributed by atoms with Gasteiger partial charge in [0.25, 0.3) is 0 Å². The third-order valence-electron chi connectivity index (χ3n) is 7.08. The van der Waals surface area contributed by atoms with Gasteiger partial charge in [-0.1, -0.05) is 13.0 Å². The van der Waals surface area contributed by atoms with E-state index in [1.165, 1.54) is 6.07 Å². The van der Waals surface area contributed by atoms with Gasteiger partial charge >= 0.3 is 0 Å². The molecule has 1 atom stereocenters. The minimum atomic E-state index is -0.508. The van der Waals surface area contributed by atoms with Crippen LogP contribution in [0.4, 0.5) is 10.2 Å². The molecule has 0 radical (unpaired) electrons. The lowest BCUT2D eigenvalue weighted by molar-refractivity contribution is -0.135. The molecule has 3 heterocycles. The number of nitrogen functional groups attached to an aromatic ring is 1. The number of nitrogens with two attached hydrogens (primary N) is 1. The number of aryl methyl sites for hydroxylation is 1. The Labute approximate surface area is 208 Å². The van der Waals surface area contributed by atoms with Crippen LogP contribution in [0.1, 0.15) is 49.8 Å². The van der Waals surface area contributed by atoms with Gasteiger partial charge in [0, 0.05) is 36.6 Å². The molecule has 0 bridgehead atoms. The number of carbonyl (C=O) groups excluding carboxylic acids is 1. The maximum Gasteiger partial charge on any atom is 0.248 e. The maximum atomic E-state index is 15.0. The van der Waals surface area contributed by atoms with Crippen LogP contribution in [0.5, 0.6) is 0 Å². The zero-order chi connectivity index (χ0) is 25.4. The maximum absolute atomic E-state index is 15.0. The molecule has 1 amide bonds. The Morgan fingerprint density at radius 3 is 2.81 bits per heavy atom. The lowest BCUT2D eigenvalue weighted by Gasteiger charge is -2.27. The average molecular weight is 492 g/mol. The van der Waals surface area contributed by atoms with Crippen LogP contribution in [0.15, 0.2) is 36.8 Å². The molecule has 4 aromatic rings. The molecule has 10 heteroatoms. The summed E-state index contributed by atoms with van der Waals surface area (Å²) in [6.07, 6.45) is 9.10. The van der Waals surface area contributed by atoms with Crippen molar-refractivity contribution in [3.05, 3.63) is 53.9 Å². The average Bonchev–Trinajstić information content (AvgIpc) is 3.38. The van der Waals surface area contributed by atoms with Gasteiger partial charge in [0.2, 0.25) is 5.91 Å². The molecule has 3 aromatic heterocycles. The number of nitrogens with one attached hydrogen (secondary N) is 1. The quantitative estimate of drug-likeness (QED) is 0.329. The third-order valence-corrected chi connectivity index (χ3v) is 7.08. The first-order valence-electron chi connectivity index (χ1n) is 12.2. The van der Waals surface area contributed by atoms with Crippen molar-refractivity contribution in [3.63, 3.8) is 0 Å². The number of nitrogens with zero attached hydrogens (tertiary/aromatic N) is 5. The molecule has 0 aliphatic heterocycles. The first kappa shape index (κ1) is 23.9. The summed E-state index contributed by atoms with van der Waals surface area (Å²) in [6, 6.07) is 4.95. The van der Waals surface area contributed by atoms with Crippen LogP contribution >= 0.6 is 0 Å².